The van der Waals surface area contributed by atoms with E-state index in [1.54, 1.807) is 0 Å². The minimum atomic E-state index is -0.761. The van der Waals surface area contributed by atoms with Crippen LogP contribution in [0.15, 0.2) is 22.9 Å². The summed E-state index contributed by atoms with van der Waals surface area (Å²) < 4.78 is 6.02. The van der Waals surface area contributed by atoms with E-state index in [0.717, 1.165) is 32.1 Å². The molecule has 7 unspecified atom stereocenters. The predicted octanol–water partition coefficient (Wildman–Crippen LogP) is 3.55. The van der Waals surface area contributed by atoms with Gasteiger partial charge in [0.15, 0.2) is 5.78 Å². The topological polar surface area (TPSA) is 93.2 Å². The van der Waals surface area contributed by atoms with Crippen LogP contribution in [0.1, 0.15) is 65.2 Å². The van der Waals surface area contributed by atoms with Crippen LogP contribution in [0, 0.1) is 45.3 Å². The molecule has 2 bridgehead atoms. The van der Waals surface area contributed by atoms with Crippen molar-refractivity contribution in [2.45, 2.75) is 70.8 Å². The molecular weight excluding hydrogens is 364 g/mol. The van der Waals surface area contributed by atoms with Gasteiger partial charge in [-0.2, -0.15) is 5.26 Å². The number of allylic oxidation sites excluding steroid dienone is 4. The molecule has 152 valence electrons. The Bertz CT molecular complexity index is 989. The van der Waals surface area contributed by atoms with Gasteiger partial charge in [-0.25, -0.2) is 0 Å². The van der Waals surface area contributed by atoms with E-state index >= 15 is 0 Å². The molecule has 5 nitrogen and oxygen atoms in total. The summed E-state index contributed by atoms with van der Waals surface area (Å²) in [5.74, 6) is 0.703. The second-order valence-electron chi connectivity index (χ2n) is 10.8. The Morgan fingerprint density at radius 2 is 2.00 bits per heavy atom. The molecule has 1 heterocycles. The highest BCUT2D eigenvalue weighted by Gasteiger charge is 2.73. The molecule has 1 aliphatic heterocycles. The number of fused-ring (bicyclic) bond motifs is 7. The van der Waals surface area contributed by atoms with Gasteiger partial charge in [-0.15, -0.1) is 0 Å². The zero-order valence-electron chi connectivity index (χ0n) is 17.2. The molecule has 6 aliphatic rings. The van der Waals surface area contributed by atoms with E-state index in [0.29, 0.717) is 36.5 Å². The second-order valence-corrected chi connectivity index (χ2v) is 10.8. The third kappa shape index (κ3) is 1.64. The minimum Gasteiger partial charge on any atom is -0.458 e. The SMILES string of the molecule is CC12CCC(=O)C3=C(N)C(CC31C#N)C1C2=CCC2(C)C1CCC21CCC(=O)O1. The fraction of sp³-hybridized carbons (Fsp3) is 0.708. The lowest BCUT2D eigenvalue weighted by molar-refractivity contribution is -0.161. The lowest BCUT2D eigenvalue weighted by Crippen LogP contribution is -2.56. The summed E-state index contributed by atoms with van der Waals surface area (Å²) in [6, 6.07) is 2.60. The van der Waals surface area contributed by atoms with Crippen LogP contribution >= 0.6 is 0 Å². The normalized spacial score (nSPS) is 52.2. The Balaban J connectivity index is 1.55. The zero-order chi connectivity index (χ0) is 20.4. The molecule has 6 rings (SSSR count). The lowest BCUT2D eigenvalue weighted by Gasteiger charge is -2.59. The van der Waals surface area contributed by atoms with E-state index in [9.17, 15) is 14.9 Å². The number of rotatable bonds is 0. The molecule has 0 aromatic carbocycles. The minimum absolute atomic E-state index is 0.0582. The standard InChI is InChI=1S/C24H28N2O3/c1-21-8-5-16(27)19-20(26)13(11-23(19,21)12-25)18-14(21)3-7-22(2)15(18)4-9-24(22)10-6-17(28)29-24/h3,13,15,18H,4-11,26H2,1-2H3. The predicted molar refractivity (Wildman–Crippen MR) is 105 cm³/mol. The number of hydrogen-bond donors (Lipinski definition) is 1. The van der Waals surface area contributed by atoms with Gasteiger partial charge < -0.3 is 10.5 Å². The van der Waals surface area contributed by atoms with Crippen molar-refractivity contribution in [3.63, 3.8) is 0 Å². The number of nitrogens with two attached hydrogens (primary N) is 1. The number of hydrogen-bond acceptors (Lipinski definition) is 5. The van der Waals surface area contributed by atoms with Crippen LogP contribution < -0.4 is 5.73 Å². The van der Waals surface area contributed by atoms with Gasteiger partial charge >= 0.3 is 5.97 Å². The van der Waals surface area contributed by atoms with Crippen molar-refractivity contribution in [2.24, 2.45) is 39.7 Å². The van der Waals surface area contributed by atoms with E-state index in [4.69, 9.17) is 10.5 Å². The van der Waals surface area contributed by atoms with Crippen LogP contribution in [0.2, 0.25) is 0 Å². The smallest absolute Gasteiger partial charge is 0.306 e. The second kappa shape index (κ2) is 4.96. The van der Waals surface area contributed by atoms with Gasteiger partial charge in [0.1, 0.15) is 5.60 Å². The number of esters is 1. The number of nitrogens with zero attached hydrogens (tertiary/aromatic N) is 1. The Labute approximate surface area is 171 Å². The van der Waals surface area contributed by atoms with E-state index in [-0.39, 0.29) is 40.0 Å². The van der Waals surface area contributed by atoms with Crippen molar-refractivity contribution in [1.29, 1.82) is 5.26 Å². The summed E-state index contributed by atoms with van der Waals surface area (Å²) in [7, 11) is 0. The average Bonchev–Trinajstić information content (AvgIpc) is 3.31. The van der Waals surface area contributed by atoms with Crippen LogP contribution in [0.5, 0.6) is 0 Å². The maximum Gasteiger partial charge on any atom is 0.306 e. The molecule has 5 heteroatoms. The summed E-state index contributed by atoms with van der Waals surface area (Å²) in [6.07, 6.45) is 8.40. The molecule has 0 amide bonds. The third-order valence-corrected chi connectivity index (χ3v) is 10.3. The molecule has 7 atom stereocenters. The first-order valence-electron chi connectivity index (χ1n) is 11.1. The molecule has 1 spiro atoms. The Morgan fingerprint density at radius 3 is 2.69 bits per heavy atom. The molecule has 29 heavy (non-hydrogen) atoms. The Kier molecular flexibility index (Phi) is 3.04. The van der Waals surface area contributed by atoms with Crippen LogP contribution in [0.4, 0.5) is 0 Å². The van der Waals surface area contributed by atoms with Crippen molar-refractivity contribution in [3.8, 4) is 6.07 Å². The fourth-order valence-electron chi connectivity index (χ4n) is 8.72. The number of ether oxygens (including phenoxy) is 1. The first-order valence-corrected chi connectivity index (χ1v) is 11.1. The van der Waals surface area contributed by atoms with Crippen LogP contribution in [0.25, 0.3) is 0 Å². The molecule has 4 fully saturated rings. The molecule has 2 N–H and O–H groups in total. The monoisotopic (exact) mass is 392 g/mol. The maximum absolute atomic E-state index is 12.9. The molecule has 0 aromatic heterocycles. The first-order chi connectivity index (χ1) is 13.7. The van der Waals surface area contributed by atoms with Crippen molar-refractivity contribution in [1.82, 2.24) is 0 Å². The Hall–Kier alpha value is -2.09. The highest BCUT2D eigenvalue weighted by molar-refractivity contribution is 6.00. The van der Waals surface area contributed by atoms with Crippen molar-refractivity contribution >= 4 is 11.8 Å². The fourth-order valence-corrected chi connectivity index (χ4v) is 8.72. The third-order valence-electron chi connectivity index (χ3n) is 10.3. The average molecular weight is 392 g/mol. The van der Waals surface area contributed by atoms with Crippen molar-refractivity contribution in [2.75, 3.05) is 0 Å². The number of Topliss-reactive ketones (excluding diaryl/α,β-unsaturated/α-hetero) is 1. The molecule has 3 saturated carbocycles. The summed E-state index contributed by atoms with van der Waals surface area (Å²) in [6.45, 7) is 4.51. The zero-order valence-corrected chi connectivity index (χ0v) is 17.2. The van der Waals surface area contributed by atoms with Gasteiger partial charge in [0.25, 0.3) is 0 Å². The van der Waals surface area contributed by atoms with Gasteiger partial charge in [0.2, 0.25) is 0 Å². The summed E-state index contributed by atoms with van der Waals surface area (Å²) in [5.41, 5.74) is 7.83. The van der Waals surface area contributed by atoms with Gasteiger partial charge in [-0.3, -0.25) is 9.59 Å². The van der Waals surface area contributed by atoms with E-state index in [1.807, 2.05) is 0 Å². The number of carbonyl (C=O) groups excluding carboxylic acids is 2. The Morgan fingerprint density at radius 1 is 1.21 bits per heavy atom. The molecule has 5 aliphatic carbocycles. The van der Waals surface area contributed by atoms with Crippen molar-refractivity contribution in [3.05, 3.63) is 22.9 Å². The highest BCUT2D eigenvalue weighted by Crippen LogP contribution is 2.75. The summed E-state index contributed by atoms with van der Waals surface area (Å²) in [5, 5.41) is 10.3. The first kappa shape index (κ1) is 17.7. The summed E-state index contributed by atoms with van der Waals surface area (Å²) in [4.78, 5) is 24.9. The van der Waals surface area contributed by atoms with E-state index < -0.39 is 5.41 Å². The maximum atomic E-state index is 12.9. The number of nitriles is 1. The van der Waals surface area contributed by atoms with Gasteiger partial charge in [0, 0.05) is 40.9 Å². The summed E-state index contributed by atoms with van der Waals surface area (Å²) >= 11 is 0. The largest absolute Gasteiger partial charge is 0.458 e. The van der Waals surface area contributed by atoms with Crippen LogP contribution in [-0.4, -0.2) is 17.4 Å². The van der Waals surface area contributed by atoms with Crippen LogP contribution in [0.3, 0.4) is 0 Å². The van der Waals surface area contributed by atoms with Crippen LogP contribution in [-0.2, 0) is 14.3 Å². The molecule has 0 radical (unpaired) electrons. The molecular formula is C24H28N2O3. The number of ketones is 1. The van der Waals surface area contributed by atoms with Gasteiger partial charge in [0.05, 0.1) is 11.5 Å². The highest BCUT2D eigenvalue weighted by atomic mass is 16.6. The van der Waals surface area contributed by atoms with E-state index in [2.05, 4.69) is 26.0 Å². The molecule has 1 saturated heterocycles. The molecule has 0 aromatic rings. The number of carbonyl (C=O) groups is 2. The van der Waals surface area contributed by atoms with Crippen molar-refractivity contribution < 1.29 is 14.3 Å². The quantitative estimate of drug-likeness (QED) is 0.503. The lowest BCUT2D eigenvalue weighted by atomic mass is 9.43. The van der Waals surface area contributed by atoms with Gasteiger partial charge in [-0.05, 0) is 50.4 Å². The van der Waals surface area contributed by atoms with E-state index in [1.165, 1.54) is 5.57 Å². The van der Waals surface area contributed by atoms with Gasteiger partial charge in [-0.1, -0.05) is 25.5 Å².